The highest BCUT2D eigenvalue weighted by molar-refractivity contribution is 5.86. The van der Waals surface area contributed by atoms with Crippen LogP contribution in [0.15, 0.2) is 0 Å². The van der Waals surface area contributed by atoms with Crippen molar-refractivity contribution < 1.29 is 4.79 Å². The number of carbonyl (C=O) groups is 1. The number of nitriles is 1. The van der Waals surface area contributed by atoms with Crippen molar-refractivity contribution in [2.45, 2.75) is 52.0 Å². The minimum atomic E-state index is -0.741. The lowest BCUT2D eigenvalue weighted by atomic mass is 9.69. The number of likely N-dealkylation sites (tertiary alicyclic amines) is 1. The molecule has 1 aromatic rings. The van der Waals surface area contributed by atoms with Crippen LogP contribution in [0, 0.1) is 30.6 Å². The van der Waals surface area contributed by atoms with Crippen LogP contribution < -0.4 is 0 Å². The molecule has 3 rings (SSSR count). The Bertz CT molecular complexity index is 596. The van der Waals surface area contributed by atoms with Gasteiger partial charge < -0.3 is 4.90 Å². The Morgan fingerprint density at radius 2 is 2.14 bits per heavy atom. The van der Waals surface area contributed by atoms with E-state index >= 15 is 0 Å². The zero-order chi connectivity index (χ0) is 15.0. The first-order valence-corrected chi connectivity index (χ1v) is 7.66. The third-order valence-corrected chi connectivity index (χ3v) is 4.77. The molecular weight excluding hydrogens is 266 g/mol. The van der Waals surface area contributed by atoms with E-state index in [1.807, 2.05) is 23.4 Å². The fraction of sp³-hybridized carbons (Fsp3) is 0.733. The van der Waals surface area contributed by atoms with Gasteiger partial charge in [-0.25, -0.2) is 9.67 Å². The molecule has 2 aliphatic rings. The maximum Gasteiger partial charge on any atom is 0.243 e. The van der Waals surface area contributed by atoms with Crippen LogP contribution in [0.25, 0.3) is 0 Å². The van der Waals surface area contributed by atoms with Crippen molar-refractivity contribution in [1.82, 2.24) is 19.7 Å². The molecule has 2 fully saturated rings. The lowest BCUT2D eigenvalue weighted by Crippen LogP contribution is -2.50. The van der Waals surface area contributed by atoms with Gasteiger partial charge in [0, 0.05) is 13.1 Å². The Hall–Kier alpha value is -1.90. The molecule has 1 aromatic heterocycles. The Morgan fingerprint density at radius 3 is 2.67 bits per heavy atom. The van der Waals surface area contributed by atoms with Crippen molar-refractivity contribution in [3.8, 4) is 6.07 Å². The number of aromatic nitrogens is 3. The van der Waals surface area contributed by atoms with Crippen molar-refractivity contribution >= 4 is 5.91 Å². The Labute approximate surface area is 124 Å². The summed E-state index contributed by atoms with van der Waals surface area (Å²) in [6, 6.07) is 2.44. The highest BCUT2D eigenvalue weighted by Crippen LogP contribution is 2.42. The summed E-state index contributed by atoms with van der Waals surface area (Å²) in [6.45, 7) is 5.23. The maximum atomic E-state index is 12.7. The van der Waals surface area contributed by atoms with Gasteiger partial charge in [-0.1, -0.05) is 0 Å². The van der Waals surface area contributed by atoms with E-state index in [9.17, 15) is 10.1 Å². The zero-order valence-corrected chi connectivity index (χ0v) is 12.7. The highest BCUT2D eigenvalue weighted by Gasteiger charge is 2.47. The fourth-order valence-corrected chi connectivity index (χ4v) is 3.43. The van der Waals surface area contributed by atoms with Crippen LogP contribution >= 0.6 is 0 Å². The number of hydrogen-bond donors (Lipinski definition) is 0. The molecule has 0 bridgehead atoms. The minimum Gasteiger partial charge on any atom is -0.339 e. The first-order valence-electron chi connectivity index (χ1n) is 7.66. The first kappa shape index (κ1) is 14.1. The normalized spacial score (nSPS) is 24.2. The molecule has 0 radical (unpaired) electrons. The summed E-state index contributed by atoms with van der Waals surface area (Å²) < 4.78 is 1.94. The molecule has 21 heavy (non-hydrogen) atoms. The first-order chi connectivity index (χ1) is 10.1. The average Bonchev–Trinajstić information content (AvgIpc) is 2.77. The van der Waals surface area contributed by atoms with Crippen molar-refractivity contribution in [2.75, 3.05) is 13.1 Å². The molecule has 0 N–H and O–H groups in total. The summed E-state index contributed by atoms with van der Waals surface area (Å²) in [5.74, 6) is 1.68. The Kier molecular flexibility index (Phi) is 3.44. The number of amides is 1. The minimum absolute atomic E-state index is 0.0236. The van der Waals surface area contributed by atoms with Crippen LogP contribution in [0.3, 0.4) is 0 Å². The summed E-state index contributed by atoms with van der Waals surface area (Å²) in [5.41, 5.74) is -0.741. The van der Waals surface area contributed by atoms with E-state index in [2.05, 4.69) is 16.2 Å². The van der Waals surface area contributed by atoms with Crippen molar-refractivity contribution in [2.24, 2.45) is 5.41 Å². The van der Waals surface area contributed by atoms with E-state index < -0.39 is 5.41 Å². The average molecular weight is 287 g/mol. The van der Waals surface area contributed by atoms with Gasteiger partial charge in [0.1, 0.15) is 17.1 Å². The van der Waals surface area contributed by atoms with Gasteiger partial charge in [0.2, 0.25) is 5.91 Å². The van der Waals surface area contributed by atoms with Gasteiger partial charge in [0.05, 0.1) is 12.1 Å². The Balaban J connectivity index is 1.76. The van der Waals surface area contributed by atoms with Crippen LogP contribution in [-0.2, 0) is 4.79 Å². The Morgan fingerprint density at radius 1 is 1.38 bits per heavy atom. The molecule has 0 unspecified atom stereocenters. The van der Waals surface area contributed by atoms with E-state index in [1.54, 1.807) is 0 Å². The second-order valence-corrected chi connectivity index (χ2v) is 6.25. The summed E-state index contributed by atoms with van der Waals surface area (Å²) in [5, 5.41) is 13.8. The summed E-state index contributed by atoms with van der Waals surface area (Å²) >= 11 is 0. The molecule has 1 saturated heterocycles. The number of hydrogen-bond acceptors (Lipinski definition) is 4. The molecule has 0 spiro atoms. The second-order valence-electron chi connectivity index (χ2n) is 6.25. The summed E-state index contributed by atoms with van der Waals surface area (Å²) in [7, 11) is 0. The molecule has 1 aliphatic heterocycles. The van der Waals surface area contributed by atoms with Crippen molar-refractivity contribution in [3.05, 3.63) is 11.6 Å². The molecule has 6 nitrogen and oxygen atoms in total. The monoisotopic (exact) mass is 287 g/mol. The van der Waals surface area contributed by atoms with Gasteiger partial charge in [0.25, 0.3) is 0 Å². The van der Waals surface area contributed by atoms with Gasteiger partial charge in [0.15, 0.2) is 0 Å². The van der Waals surface area contributed by atoms with Crippen LogP contribution in [-0.4, -0.2) is 38.7 Å². The number of nitrogens with zero attached hydrogens (tertiary/aromatic N) is 5. The van der Waals surface area contributed by atoms with Gasteiger partial charge in [-0.15, -0.1) is 0 Å². The summed E-state index contributed by atoms with van der Waals surface area (Å²) in [4.78, 5) is 18.9. The SMILES string of the molecule is Cc1nc(C)n([C@H]2CCCN(C(=O)C3(C#N)CCC3)C2)n1. The van der Waals surface area contributed by atoms with Gasteiger partial charge in [-0.05, 0) is 46.0 Å². The zero-order valence-electron chi connectivity index (χ0n) is 12.7. The van der Waals surface area contributed by atoms with E-state index in [0.29, 0.717) is 19.4 Å². The molecule has 1 aliphatic carbocycles. The lowest BCUT2D eigenvalue weighted by molar-refractivity contribution is -0.144. The topological polar surface area (TPSA) is 74.8 Å². The fourth-order valence-electron chi connectivity index (χ4n) is 3.43. The standard InChI is InChI=1S/C15H21N5O/c1-11-17-12(2)20(18-11)13-5-3-8-19(9-13)14(21)15(10-16)6-4-7-15/h13H,3-9H2,1-2H3/t13-/m0/s1. The molecule has 6 heteroatoms. The molecule has 1 amide bonds. The van der Waals surface area contributed by atoms with Crippen molar-refractivity contribution in [3.63, 3.8) is 0 Å². The quantitative estimate of drug-likeness (QED) is 0.830. The molecule has 0 aromatic carbocycles. The van der Waals surface area contributed by atoms with E-state index in [4.69, 9.17) is 0 Å². The van der Waals surface area contributed by atoms with Crippen molar-refractivity contribution in [1.29, 1.82) is 5.26 Å². The molecule has 1 saturated carbocycles. The van der Waals surface area contributed by atoms with Crippen LogP contribution in [0.5, 0.6) is 0 Å². The van der Waals surface area contributed by atoms with Gasteiger partial charge in [-0.2, -0.15) is 10.4 Å². The van der Waals surface area contributed by atoms with Crippen LogP contribution in [0.2, 0.25) is 0 Å². The predicted molar refractivity (Wildman–Crippen MR) is 76.2 cm³/mol. The molecule has 2 heterocycles. The number of aryl methyl sites for hydroxylation is 2. The van der Waals surface area contributed by atoms with E-state index in [1.165, 1.54) is 0 Å². The van der Waals surface area contributed by atoms with E-state index in [0.717, 1.165) is 37.5 Å². The largest absolute Gasteiger partial charge is 0.339 e. The maximum absolute atomic E-state index is 12.7. The third kappa shape index (κ3) is 2.31. The van der Waals surface area contributed by atoms with Crippen LogP contribution in [0.4, 0.5) is 0 Å². The second kappa shape index (κ2) is 5.14. The smallest absolute Gasteiger partial charge is 0.243 e. The number of carbonyl (C=O) groups excluding carboxylic acids is 1. The number of piperidine rings is 1. The third-order valence-electron chi connectivity index (χ3n) is 4.77. The molecule has 112 valence electrons. The van der Waals surface area contributed by atoms with Gasteiger partial charge >= 0.3 is 0 Å². The predicted octanol–water partition coefficient (Wildman–Crippen LogP) is 1.75. The number of rotatable bonds is 2. The molecule has 1 atom stereocenters. The van der Waals surface area contributed by atoms with Gasteiger partial charge in [-0.3, -0.25) is 4.79 Å². The van der Waals surface area contributed by atoms with E-state index in [-0.39, 0.29) is 11.9 Å². The molecular formula is C15H21N5O. The summed E-state index contributed by atoms with van der Waals surface area (Å²) in [6.07, 6.45) is 4.37. The van der Waals surface area contributed by atoms with Crippen LogP contribution in [0.1, 0.15) is 49.8 Å². The highest BCUT2D eigenvalue weighted by atomic mass is 16.2. The lowest BCUT2D eigenvalue weighted by Gasteiger charge is -2.41.